The Hall–Kier alpha value is -0.160. The summed E-state index contributed by atoms with van der Waals surface area (Å²) in [6.07, 6.45) is 6.77. The van der Waals surface area contributed by atoms with Gasteiger partial charge in [0.2, 0.25) is 0 Å². The van der Waals surface area contributed by atoms with E-state index >= 15 is 0 Å². The van der Waals surface area contributed by atoms with Gasteiger partial charge in [-0.3, -0.25) is 4.90 Å². The fourth-order valence-electron chi connectivity index (χ4n) is 3.11. The van der Waals surface area contributed by atoms with Crippen LogP contribution in [0.4, 0.5) is 0 Å². The molecular weight excluding hydrogens is 218 g/mol. The van der Waals surface area contributed by atoms with E-state index in [0.29, 0.717) is 18.8 Å². The zero-order chi connectivity index (χ0) is 12.1. The second-order valence-electron chi connectivity index (χ2n) is 5.25. The number of piperidine rings is 1. The molecule has 4 nitrogen and oxygen atoms in total. The van der Waals surface area contributed by atoms with Crippen LogP contribution >= 0.6 is 0 Å². The molecule has 0 spiro atoms. The molecule has 0 aromatic rings. The quantitative estimate of drug-likeness (QED) is 0.765. The third-order valence-electron chi connectivity index (χ3n) is 4.08. The van der Waals surface area contributed by atoms with Crippen molar-refractivity contribution in [2.75, 3.05) is 26.3 Å². The highest BCUT2D eigenvalue weighted by Gasteiger charge is 2.31. The van der Waals surface area contributed by atoms with E-state index in [1.54, 1.807) is 0 Å². The number of likely N-dealkylation sites (tertiary alicyclic amines) is 1. The molecule has 2 atom stereocenters. The number of hydrogen-bond donors (Lipinski definition) is 2. The van der Waals surface area contributed by atoms with Gasteiger partial charge in [0.15, 0.2) is 0 Å². The maximum absolute atomic E-state index is 10.0. The minimum absolute atomic E-state index is 0.113. The van der Waals surface area contributed by atoms with Gasteiger partial charge in [-0.25, -0.2) is 0 Å². The third-order valence-corrected chi connectivity index (χ3v) is 4.08. The molecule has 0 aromatic carbocycles. The zero-order valence-corrected chi connectivity index (χ0v) is 10.6. The van der Waals surface area contributed by atoms with Gasteiger partial charge < -0.3 is 14.9 Å². The summed E-state index contributed by atoms with van der Waals surface area (Å²) >= 11 is 0. The van der Waals surface area contributed by atoms with E-state index in [1.165, 1.54) is 12.8 Å². The second-order valence-corrected chi connectivity index (χ2v) is 5.25. The second kappa shape index (κ2) is 6.69. The lowest BCUT2D eigenvalue weighted by Gasteiger charge is -2.41. The Bertz CT molecular complexity index is 217. The van der Waals surface area contributed by atoms with Gasteiger partial charge in [-0.1, -0.05) is 12.8 Å². The Labute approximate surface area is 104 Å². The lowest BCUT2D eigenvalue weighted by molar-refractivity contribution is -0.0406. The summed E-state index contributed by atoms with van der Waals surface area (Å²) in [4.78, 5) is 2.43. The lowest BCUT2D eigenvalue weighted by Crippen LogP contribution is -2.49. The van der Waals surface area contributed by atoms with Crippen molar-refractivity contribution >= 4 is 0 Å². The molecule has 0 amide bonds. The molecule has 1 saturated heterocycles. The van der Waals surface area contributed by atoms with Crippen molar-refractivity contribution in [1.29, 1.82) is 0 Å². The average molecular weight is 243 g/mol. The predicted octanol–water partition coefficient (Wildman–Crippen LogP) is 0.763. The van der Waals surface area contributed by atoms with E-state index in [0.717, 1.165) is 38.8 Å². The SMILES string of the molecule is OCCOC1CCN([C@H]2CCCC[C@@H]2O)CC1. The summed E-state index contributed by atoms with van der Waals surface area (Å²) in [5, 5.41) is 18.7. The van der Waals surface area contributed by atoms with Crippen molar-refractivity contribution in [3.63, 3.8) is 0 Å². The van der Waals surface area contributed by atoms with Gasteiger partial charge >= 0.3 is 0 Å². The molecule has 2 N–H and O–H groups in total. The summed E-state index contributed by atoms with van der Waals surface area (Å²) in [6.45, 7) is 2.62. The highest BCUT2D eigenvalue weighted by Crippen LogP contribution is 2.26. The topological polar surface area (TPSA) is 52.9 Å². The normalized spacial score (nSPS) is 32.8. The molecule has 0 radical (unpaired) electrons. The highest BCUT2D eigenvalue weighted by molar-refractivity contribution is 4.86. The van der Waals surface area contributed by atoms with Gasteiger partial charge in [0, 0.05) is 19.1 Å². The first-order valence-corrected chi connectivity index (χ1v) is 6.96. The minimum atomic E-state index is -0.126. The Kier molecular flexibility index (Phi) is 5.22. The van der Waals surface area contributed by atoms with E-state index in [2.05, 4.69) is 4.90 Å². The molecule has 2 fully saturated rings. The van der Waals surface area contributed by atoms with Crippen LogP contribution in [0.3, 0.4) is 0 Å². The molecule has 1 aliphatic carbocycles. The maximum atomic E-state index is 10.0. The van der Waals surface area contributed by atoms with E-state index in [4.69, 9.17) is 9.84 Å². The molecule has 17 heavy (non-hydrogen) atoms. The number of aliphatic hydroxyl groups is 2. The molecule has 2 rings (SSSR count). The Balaban J connectivity index is 1.74. The summed E-state index contributed by atoms with van der Waals surface area (Å²) < 4.78 is 5.56. The van der Waals surface area contributed by atoms with E-state index < -0.39 is 0 Å². The maximum Gasteiger partial charge on any atom is 0.0701 e. The van der Waals surface area contributed by atoms with Gasteiger partial charge in [-0.05, 0) is 25.7 Å². The van der Waals surface area contributed by atoms with Crippen LogP contribution < -0.4 is 0 Å². The molecule has 0 aromatic heterocycles. The number of rotatable bonds is 4. The lowest BCUT2D eigenvalue weighted by atomic mass is 9.90. The minimum Gasteiger partial charge on any atom is -0.394 e. The predicted molar refractivity (Wildman–Crippen MR) is 65.9 cm³/mol. The fraction of sp³-hybridized carbons (Fsp3) is 1.00. The first-order chi connectivity index (χ1) is 8.31. The molecule has 1 heterocycles. The summed E-state index contributed by atoms with van der Waals surface area (Å²) in [6, 6.07) is 0.377. The van der Waals surface area contributed by atoms with Crippen LogP contribution in [0.15, 0.2) is 0 Å². The van der Waals surface area contributed by atoms with Crippen molar-refractivity contribution in [3.8, 4) is 0 Å². The van der Waals surface area contributed by atoms with Crippen molar-refractivity contribution in [3.05, 3.63) is 0 Å². The molecule has 0 bridgehead atoms. The van der Waals surface area contributed by atoms with Crippen LogP contribution in [0.2, 0.25) is 0 Å². The van der Waals surface area contributed by atoms with Gasteiger partial charge in [-0.2, -0.15) is 0 Å². The van der Waals surface area contributed by atoms with Crippen LogP contribution in [-0.2, 0) is 4.74 Å². The zero-order valence-electron chi connectivity index (χ0n) is 10.6. The first-order valence-electron chi connectivity index (χ1n) is 6.96. The smallest absolute Gasteiger partial charge is 0.0701 e. The van der Waals surface area contributed by atoms with E-state index in [9.17, 15) is 5.11 Å². The molecule has 100 valence electrons. The molecule has 1 aliphatic heterocycles. The van der Waals surface area contributed by atoms with Crippen molar-refractivity contribution < 1.29 is 14.9 Å². The van der Waals surface area contributed by atoms with Crippen LogP contribution in [0.25, 0.3) is 0 Å². The van der Waals surface area contributed by atoms with Crippen LogP contribution in [0.1, 0.15) is 38.5 Å². The Morgan fingerprint density at radius 1 is 1.06 bits per heavy atom. The fourth-order valence-corrected chi connectivity index (χ4v) is 3.11. The third kappa shape index (κ3) is 3.65. The summed E-state index contributed by atoms with van der Waals surface area (Å²) in [5.74, 6) is 0. The number of nitrogens with zero attached hydrogens (tertiary/aromatic N) is 1. The number of ether oxygens (including phenoxy) is 1. The van der Waals surface area contributed by atoms with Crippen molar-refractivity contribution in [2.24, 2.45) is 0 Å². The standard InChI is InChI=1S/C13H25NO3/c15-9-10-17-11-5-7-14(8-6-11)12-3-1-2-4-13(12)16/h11-13,15-16H,1-10H2/t12-,13-/m0/s1. The number of aliphatic hydroxyl groups excluding tert-OH is 2. The van der Waals surface area contributed by atoms with Crippen molar-refractivity contribution in [2.45, 2.75) is 56.8 Å². The molecule has 0 unspecified atom stereocenters. The molecule has 1 saturated carbocycles. The van der Waals surface area contributed by atoms with Crippen molar-refractivity contribution in [1.82, 2.24) is 4.90 Å². The monoisotopic (exact) mass is 243 g/mol. The summed E-state index contributed by atoms with van der Waals surface area (Å²) in [5.41, 5.74) is 0. The van der Waals surface area contributed by atoms with Crippen LogP contribution in [0, 0.1) is 0 Å². The van der Waals surface area contributed by atoms with E-state index in [-0.39, 0.29) is 12.7 Å². The van der Waals surface area contributed by atoms with Gasteiger partial charge in [-0.15, -0.1) is 0 Å². The average Bonchev–Trinajstić information content (AvgIpc) is 2.38. The summed E-state index contributed by atoms with van der Waals surface area (Å²) in [7, 11) is 0. The number of hydrogen-bond acceptors (Lipinski definition) is 4. The Morgan fingerprint density at radius 3 is 2.41 bits per heavy atom. The van der Waals surface area contributed by atoms with Gasteiger partial charge in [0.25, 0.3) is 0 Å². The molecule has 4 heteroatoms. The van der Waals surface area contributed by atoms with Gasteiger partial charge in [0.1, 0.15) is 0 Å². The highest BCUT2D eigenvalue weighted by atomic mass is 16.5. The van der Waals surface area contributed by atoms with Crippen LogP contribution in [0.5, 0.6) is 0 Å². The van der Waals surface area contributed by atoms with Crippen LogP contribution in [-0.4, -0.2) is 59.7 Å². The first kappa shape index (κ1) is 13.3. The van der Waals surface area contributed by atoms with Gasteiger partial charge in [0.05, 0.1) is 25.4 Å². The molecular formula is C13H25NO3. The largest absolute Gasteiger partial charge is 0.394 e. The Morgan fingerprint density at radius 2 is 1.76 bits per heavy atom. The molecule has 2 aliphatic rings. The van der Waals surface area contributed by atoms with E-state index in [1.807, 2.05) is 0 Å².